The van der Waals surface area contributed by atoms with Crippen LogP contribution in [0.1, 0.15) is 33.6 Å². The molecule has 0 aromatic carbocycles. The van der Waals surface area contributed by atoms with Crippen LogP contribution in [-0.2, 0) is 4.74 Å². The Bertz CT molecular complexity index is 289. The largest absolute Gasteiger partial charge is 0.390 e. The van der Waals surface area contributed by atoms with E-state index in [0.717, 1.165) is 12.8 Å². The second-order valence-electron chi connectivity index (χ2n) is 4.97. The summed E-state index contributed by atoms with van der Waals surface area (Å²) in [6, 6.07) is 0. The first-order valence-electron chi connectivity index (χ1n) is 4.76. The Morgan fingerprint density at radius 2 is 2.08 bits per heavy atom. The first-order chi connectivity index (χ1) is 5.90. The highest BCUT2D eigenvalue weighted by Crippen LogP contribution is 2.64. The molecular weight excluding hydrogens is 164 g/mol. The zero-order chi connectivity index (χ0) is 9.91. The van der Waals surface area contributed by atoms with Gasteiger partial charge in [0.05, 0.1) is 6.10 Å². The molecule has 2 nitrogen and oxygen atoms in total. The van der Waals surface area contributed by atoms with Gasteiger partial charge in [0.25, 0.3) is 0 Å². The van der Waals surface area contributed by atoms with Gasteiger partial charge < -0.3 is 9.84 Å². The van der Waals surface area contributed by atoms with Crippen LogP contribution < -0.4 is 0 Å². The summed E-state index contributed by atoms with van der Waals surface area (Å²) in [5.74, 6) is 2.73. The summed E-state index contributed by atoms with van der Waals surface area (Å²) in [5, 5.41) is 9.79. The van der Waals surface area contributed by atoms with E-state index < -0.39 is 17.3 Å². The number of fused-ring (bicyclic) bond motifs is 1. The zero-order valence-corrected chi connectivity index (χ0v) is 8.42. The van der Waals surface area contributed by atoms with Crippen molar-refractivity contribution in [1.82, 2.24) is 0 Å². The van der Waals surface area contributed by atoms with E-state index in [0.29, 0.717) is 0 Å². The predicted molar refractivity (Wildman–Crippen MR) is 50.1 cm³/mol. The summed E-state index contributed by atoms with van der Waals surface area (Å²) in [4.78, 5) is 0. The van der Waals surface area contributed by atoms with Crippen LogP contribution in [0.15, 0.2) is 0 Å². The van der Waals surface area contributed by atoms with Crippen LogP contribution in [0.2, 0.25) is 0 Å². The Morgan fingerprint density at radius 3 is 2.54 bits per heavy atom. The molecule has 1 aliphatic carbocycles. The fourth-order valence-electron chi connectivity index (χ4n) is 2.72. The van der Waals surface area contributed by atoms with Crippen molar-refractivity contribution in [2.45, 2.75) is 50.9 Å². The summed E-state index contributed by atoms with van der Waals surface area (Å²) in [5.41, 5.74) is -1.04. The average Bonchev–Trinajstić information content (AvgIpc) is 2.70. The van der Waals surface area contributed by atoms with Gasteiger partial charge in [-0.05, 0) is 19.8 Å². The molecule has 1 saturated carbocycles. The molecule has 3 atom stereocenters. The van der Waals surface area contributed by atoms with Crippen LogP contribution in [0.5, 0.6) is 0 Å². The van der Waals surface area contributed by atoms with Crippen LogP contribution in [-0.4, -0.2) is 22.4 Å². The number of aliphatic hydroxyl groups is 1. The highest BCUT2D eigenvalue weighted by molar-refractivity contribution is 5.37. The second-order valence-corrected chi connectivity index (χ2v) is 4.97. The van der Waals surface area contributed by atoms with Gasteiger partial charge in [0.2, 0.25) is 0 Å². The fraction of sp³-hybridized carbons (Fsp3) is 0.818. The van der Waals surface area contributed by atoms with Crippen LogP contribution in [0.4, 0.5) is 0 Å². The third-order valence-corrected chi connectivity index (χ3v) is 3.86. The SMILES string of the molecule is C#CC12OC1(C)C(O)CCC2(C)C. The number of epoxide rings is 1. The molecule has 1 saturated heterocycles. The molecule has 0 aromatic rings. The molecule has 2 fully saturated rings. The average molecular weight is 180 g/mol. The van der Waals surface area contributed by atoms with Crippen molar-refractivity contribution in [3.05, 3.63) is 0 Å². The lowest BCUT2D eigenvalue weighted by molar-refractivity contribution is 0.0536. The minimum absolute atomic E-state index is 0.0181. The van der Waals surface area contributed by atoms with E-state index in [9.17, 15) is 5.11 Å². The van der Waals surface area contributed by atoms with E-state index in [1.54, 1.807) is 0 Å². The molecule has 3 unspecified atom stereocenters. The van der Waals surface area contributed by atoms with Gasteiger partial charge in [-0.15, -0.1) is 6.42 Å². The highest BCUT2D eigenvalue weighted by Gasteiger charge is 2.77. The van der Waals surface area contributed by atoms with Crippen LogP contribution in [0.25, 0.3) is 0 Å². The molecule has 0 bridgehead atoms. The van der Waals surface area contributed by atoms with E-state index >= 15 is 0 Å². The number of terminal acetylenes is 1. The highest BCUT2D eigenvalue weighted by atomic mass is 16.6. The molecule has 1 heterocycles. The van der Waals surface area contributed by atoms with Crippen molar-refractivity contribution >= 4 is 0 Å². The number of hydrogen-bond donors (Lipinski definition) is 1. The van der Waals surface area contributed by atoms with E-state index in [1.807, 2.05) is 6.92 Å². The van der Waals surface area contributed by atoms with Crippen molar-refractivity contribution < 1.29 is 9.84 Å². The van der Waals surface area contributed by atoms with E-state index in [4.69, 9.17) is 11.2 Å². The molecular formula is C11H16O2. The quantitative estimate of drug-likeness (QED) is 0.450. The molecule has 0 radical (unpaired) electrons. The van der Waals surface area contributed by atoms with Crippen molar-refractivity contribution in [1.29, 1.82) is 0 Å². The first kappa shape index (κ1) is 9.05. The van der Waals surface area contributed by atoms with Crippen LogP contribution in [0.3, 0.4) is 0 Å². The molecule has 1 N–H and O–H groups in total. The first-order valence-corrected chi connectivity index (χ1v) is 4.76. The predicted octanol–water partition coefficient (Wildman–Crippen LogP) is 1.33. The molecule has 0 aromatic heterocycles. The van der Waals surface area contributed by atoms with E-state index in [1.165, 1.54) is 0 Å². The van der Waals surface area contributed by atoms with Gasteiger partial charge in [0.1, 0.15) is 5.60 Å². The number of ether oxygens (including phenoxy) is 1. The van der Waals surface area contributed by atoms with Crippen LogP contribution >= 0.6 is 0 Å². The minimum atomic E-state index is -0.530. The Kier molecular flexibility index (Phi) is 1.46. The van der Waals surface area contributed by atoms with Gasteiger partial charge in [-0.1, -0.05) is 19.8 Å². The van der Waals surface area contributed by atoms with Gasteiger partial charge in [-0.3, -0.25) is 0 Å². The summed E-state index contributed by atoms with van der Waals surface area (Å²) in [6.45, 7) is 6.15. The third-order valence-electron chi connectivity index (χ3n) is 3.86. The Hall–Kier alpha value is -0.520. The van der Waals surface area contributed by atoms with Gasteiger partial charge >= 0.3 is 0 Å². The van der Waals surface area contributed by atoms with E-state index in [-0.39, 0.29) is 5.41 Å². The molecule has 0 amide bonds. The molecule has 2 aliphatic rings. The molecule has 0 spiro atoms. The molecule has 1 aliphatic heterocycles. The number of rotatable bonds is 0. The molecule has 13 heavy (non-hydrogen) atoms. The zero-order valence-electron chi connectivity index (χ0n) is 8.42. The molecule has 2 heteroatoms. The smallest absolute Gasteiger partial charge is 0.165 e. The van der Waals surface area contributed by atoms with Gasteiger partial charge in [-0.25, -0.2) is 0 Å². The van der Waals surface area contributed by atoms with Crippen molar-refractivity contribution in [3.8, 4) is 12.3 Å². The Labute approximate surface area is 79.3 Å². The summed E-state index contributed by atoms with van der Waals surface area (Å²) in [7, 11) is 0. The standard InChI is InChI=1S/C11H16O2/c1-5-11-9(2,3)7-6-8(12)10(11,4)13-11/h1,8,12H,6-7H2,2-4H3. The van der Waals surface area contributed by atoms with E-state index in [2.05, 4.69) is 19.8 Å². The summed E-state index contributed by atoms with van der Waals surface area (Å²) >= 11 is 0. The maximum absolute atomic E-state index is 9.79. The van der Waals surface area contributed by atoms with Gasteiger partial charge in [-0.2, -0.15) is 0 Å². The van der Waals surface area contributed by atoms with Gasteiger partial charge in [0.15, 0.2) is 5.60 Å². The number of aliphatic hydroxyl groups excluding tert-OH is 1. The summed E-state index contributed by atoms with van der Waals surface area (Å²) < 4.78 is 5.64. The Morgan fingerprint density at radius 1 is 1.46 bits per heavy atom. The normalized spacial score (nSPS) is 52.1. The van der Waals surface area contributed by atoms with Crippen LogP contribution in [0, 0.1) is 17.8 Å². The fourth-order valence-corrected chi connectivity index (χ4v) is 2.72. The second kappa shape index (κ2) is 2.10. The maximum Gasteiger partial charge on any atom is 0.165 e. The monoisotopic (exact) mass is 180 g/mol. The third kappa shape index (κ3) is 0.775. The maximum atomic E-state index is 9.79. The number of hydrogen-bond acceptors (Lipinski definition) is 2. The lowest BCUT2D eigenvalue weighted by atomic mass is 9.63. The lowest BCUT2D eigenvalue weighted by Crippen LogP contribution is -2.48. The lowest BCUT2D eigenvalue weighted by Gasteiger charge is -2.37. The van der Waals surface area contributed by atoms with Gasteiger partial charge in [0, 0.05) is 5.41 Å². The molecule has 72 valence electrons. The molecule has 2 rings (SSSR count). The Balaban J connectivity index is 2.41. The van der Waals surface area contributed by atoms with Crippen molar-refractivity contribution in [3.63, 3.8) is 0 Å². The topological polar surface area (TPSA) is 32.8 Å². The summed E-state index contributed by atoms with van der Waals surface area (Å²) in [6.07, 6.45) is 6.82. The van der Waals surface area contributed by atoms with Crippen molar-refractivity contribution in [2.24, 2.45) is 5.41 Å². The minimum Gasteiger partial charge on any atom is -0.390 e. The van der Waals surface area contributed by atoms with Crippen molar-refractivity contribution in [2.75, 3.05) is 0 Å².